The lowest BCUT2D eigenvalue weighted by Crippen LogP contribution is -2.29. The molecule has 0 aliphatic heterocycles. The summed E-state index contributed by atoms with van der Waals surface area (Å²) >= 11 is 0. The number of rotatable bonds is 4. The van der Waals surface area contributed by atoms with E-state index in [-0.39, 0.29) is 11.8 Å². The maximum absolute atomic E-state index is 13.6. The van der Waals surface area contributed by atoms with Crippen molar-refractivity contribution in [1.82, 2.24) is 0 Å². The third-order valence-electron chi connectivity index (χ3n) is 2.75. The molecule has 0 heterocycles. The van der Waals surface area contributed by atoms with Gasteiger partial charge in [-0.2, -0.15) is 0 Å². The number of hydrogen-bond acceptors (Lipinski definition) is 2. The van der Waals surface area contributed by atoms with Gasteiger partial charge in [-0.15, -0.1) is 0 Å². The zero-order chi connectivity index (χ0) is 13.8. The van der Waals surface area contributed by atoms with Crippen LogP contribution in [0.25, 0.3) is 0 Å². The quantitative estimate of drug-likeness (QED) is 0.917. The highest BCUT2D eigenvalue weighted by molar-refractivity contribution is 5.27. The minimum Gasteiger partial charge on any atom is -0.481 e. The lowest BCUT2D eigenvalue weighted by Gasteiger charge is -2.23. The normalized spacial score (nSPS) is 13.9. The number of ether oxygens (including phenoxy) is 1. The molecule has 19 heavy (non-hydrogen) atoms. The van der Waals surface area contributed by atoms with Crippen molar-refractivity contribution in [1.29, 1.82) is 0 Å². The number of benzene rings is 2. The van der Waals surface area contributed by atoms with Crippen LogP contribution in [0.2, 0.25) is 0 Å². The van der Waals surface area contributed by atoms with Gasteiger partial charge in [-0.3, -0.25) is 0 Å². The molecule has 0 bridgehead atoms. The highest BCUT2D eigenvalue weighted by atomic mass is 19.1. The van der Waals surface area contributed by atoms with Crippen molar-refractivity contribution >= 4 is 0 Å². The van der Waals surface area contributed by atoms with E-state index >= 15 is 0 Å². The van der Waals surface area contributed by atoms with Gasteiger partial charge in [-0.1, -0.05) is 30.3 Å². The summed E-state index contributed by atoms with van der Waals surface area (Å²) in [5.41, 5.74) is 6.72. The summed E-state index contributed by atoms with van der Waals surface area (Å²) in [6, 6.07) is 12.2. The van der Waals surface area contributed by atoms with Gasteiger partial charge in [0.05, 0.1) is 0 Å². The molecule has 2 atom stereocenters. The molecular weight excluding hydrogens is 248 g/mol. The Bertz CT molecular complexity index is 543. The maximum atomic E-state index is 13.6. The van der Waals surface area contributed by atoms with Crippen LogP contribution in [0.15, 0.2) is 48.5 Å². The molecular formula is C15H15F2NO. The van der Waals surface area contributed by atoms with Gasteiger partial charge >= 0.3 is 0 Å². The van der Waals surface area contributed by atoms with E-state index in [1.165, 1.54) is 6.07 Å². The molecule has 2 aromatic carbocycles. The molecule has 2 nitrogen and oxygen atoms in total. The summed E-state index contributed by atoms with van der Waals surface area (Å²) in [6.45, 7) is 1.78. The Balaban J connectivity index is 2.27. The molecule has 2 rings (SSSR count). The summed E-state index contributed by atoms with van der Waals surface area (Å²) in [5.74, 6) is -1.38. The first-order valence-corrected chi connectivity index (χ1v) is 6.00. The second kappa shape index (κ2) is 5.80. The fourth-order valence-corrected chi connectivity index (χ4v) is 1.83. The van der Waals surface area contributed by atoms with Crippen molar-refractivity contribution in [3.63, 3.8) is 0 Å². The second-order valence-corrected chi connectivity index (χ2v) is 4.38. The van der Waals surface area contributed by atoms with E-state index in [0.29, 0.717) is 0 Å². The van der Waals surface area contributed by atoms with E-state index in [1.807, 2.05) is 30.3 Å². The summed E-state index contributed by atoms with van der Waals surface area (Å²) in [6.07, 6.45) is -0.485. The first-order chi connectivity index (χ1) is 9.08. The predicted octanol–water partition coefficient (Wildman–Crippen LogP) is 3.43. The summed E-state index contributed by atoms with van der Waals surface area (Å²) in [4.78, 5) is 0. The largest absolute Gasteiger partial charge is 0.481 e. The lowest BCUT2D eigenvalue weighted by molar-refractivity contribution is 0.172. The highest BCUT2D eigenvalue weighted by Gasteiger charge is 2.19. The van der Waals surface area contributed by atoms with E-state index < -0.39 is 17.7 Å². The minimum atomic E-state index is -0.735. The van der Waals surface area contributed by atoms with Crippen LogP contribution >= 0.6 is 0 Å². The molecule has 0 saturated heterocycles. The van der Waals surface area contributed by atoms with Crippen LogP contribution in [0.3, 0.4) is 0 Å². The molecule has 0 fully saturated rings. The zero-order valence-electron chi connectivity index (χ0n) is 10.5. The Morgan fingerprint density at radius 3 is 2.32 bits per heavy atom. The standard InChI is InChI=1S/C15H15F2NO/c1-10(18)15(11-5-3-2-4-6-11)19-14-8-7-12(16)9-13(14)17/h2-10,15H,18H2,1H3. The molecule has 0 saturated carbocycles. The third kappa shape index (κ3) is 3.29. The van der Waals surface area contributed by atoms with Crippen LogP contribution in [0, 0.1) is 11.6 Å². The Morgan fingerprint density at radius 1 is 1.05 bits per heavy atom. The summed E-state index contributed by atoms with van der Waals surface area (Å²) < 4.78 is 32.0. The van der Waals surface area contributed by atoms with Crippen molar-refractivity contribution < 1.29 is 13.5 Å². The Kier molecular flexibility index (Phi) is 4.12. The molecule has 2 aromatic rings. The molecule has 0 radical (unpaired) electrons. The molecule has 100 valence electrons. The maximum Gasteiger partial charge on any atom is 0.168 e. The van der Waals surface area contributed by atoms with Crippen molar-refractivity contribution in [3.05, 3.63) is 65.7 Å². The van der Waals surface area contributed by atoms with Crippen LogP contribution in [0.5, 0.6) is 5.75 Å². The molecule has 2 unspecified atom stereocenters. The number of hydrogen-bond donors (Lipinski definition) is 1. The molecule has 2 N–H and O–H groups in total. The van der Waals surface area contributed by atoms with Gasteiger partial charge in [0.1, 0.15) is 11.9 Å². The van der Waals surface area contributed by atoms with Crippen molar-refractivity contribution in [2.45, 2.75) is 19.1 Å². The van der Waals surface area contributed by atoms with Crippen LogP contribution in [-0.2, 0) is 0 Å². The monoisotopic (exact) mass is 263 g/mol. The molecule has 0 aliphatic carbocycles. The predicted molar refractivity (Wildman–Crippen MR) is 69.8 cm³/mol. The van der Waals surface area contributed by atoms with Gasteiger partial charge in [0, 0.05) is 12.1 Å². The molecule has 0 amide bonds. The van der Waals surface area contributed by atoms with E-state index in [0.717, 1.165) is 17.7 Å². The Hall–Kier alpha value is -1.94. The van der Waals surface area contributed by atoms with Gasteiger partial charge in [0.15, 0.2) is 11.6 Å². The van der Waals surface area contributed by atoms with Gasteiger partial charge in [-0.05, 0) is 24.6 Å². The average molecular weight is 263 g/mol. The first kappa shape index (κ1) is 13.5. The van der Waals surface area contributed by atoms with Crippen LogP contribution in [-0.4, -0.2) is 6.04 Å². The van der Waals surface area contributed by atoms with Crippen molar-refractivity contribution in [2.24, 2.45) is 5.73 Å². The fourth-order valence-electron chi connectivity index (χ4n) is 1.83. The lowest BCUT2D eigenvalue weighted by atomic mass is 10.0. The van der Waals surface area contributed by atoms with Gasteiger partial charge in [0.25, 0.3) is 0 Å². The molecule has 0 spiro atoms. The second-order valence-electron chi connectivity index (χ2n) is 4.38. The van der Waals surface area contributed by atoms with Crippen molar-refractivity contribution in [2.75, 3.05) is 0 Å². The van der Waals surface area contributed by atoms with Crippen molar-refractivity contribution in [3.8, 4) is 5.75 Å². The highest BCUT2D eigenvalue weighted by Crippen LogP contribution is 2.26. The van der Waals surface area contributed by atoms with E-state index in [1.54, 1.807) is 6.92 Å². The topological polar surface area (TPSA) is 35.2 Å². The van der Waals surface area contributed by atoms with Crippen LogP contribution in [0.4, 0.5) is 8.78 Å². The van der Waals surface area contributed by atoms with E-state index in [4.69, 9.17) is 10.5 Å². The van der Waals surface area contributed by atoms with Gasteiger partial charge in [-0.25, -0.2) is 8.78 Å². The first-order valence-electron chi connectivity index (χ1n) is 6.00. The van der Waals surface area contributed by atoms with Crippen LogP contribution in [0.1, 0.15) is 18.6 Å². The SMILES string of the molecule is CC(N)C(Oc1ccc(F)cc1F)c1ccccc1. The number of nitrogens with two attached hydrogens (primary N) is 1. The smallest absolute Gasteiger partial charge is 0.168 e. The van der Waals surface area contributed by atoms with E-state index in [2.05, 4.69) is 0 Å². The Labute approximate surface area is 110 Å². The Morgan fingerprint density at radius 2 is 1.74 bits per heavy atom. The molecule has 0 aromatic heterocycles. The summed E-state index contributed by atoms with van der Waals surface area (Å²) in [7, 11) is 0. The van der Waals surface area contributed by atoms with E-state index in [9.17, 15) is 8.78 Å². The molecule has 4 heteroatoms. The average Bonchev–Trinajstić information content (AvgIpc) is 2.38. The van der Waals surface area contributed by atoms with Gasteiger partial charge < -0.3 is 10.5 Å². The third-order valence-corrected chi connectivity index (χ3v) is 2.75. The van der Waals surface area contributed by atoms with Gasteiger partial charge in [0.2, 0.25) is 0 Å². The fraction of sp³-hybridized carbons (Fsp3) is 0.200. The molecule has 0 aliphatic rings. The zero-order valence-corrected chi connectivity index (χ0v) is 10.5. The number of halogens is 2. The van der Waals surface area contributed by atoms with Crippen LogP contribution < -0.4 is 10.5 Å². The minimum absolute atomic E-state index is 0.00690. The summed E-state index contributed by atoms with van der Waals surface area (Å²) in [5, 5.41) is 0.